The van der Waals surface area contributed by atoms with Gasteiger partial charge in [-0.05, 0) is 91.4 Å². The van der Waals surface area contributed by atoms with Gasteiger partial charge >= 0.3 is 5.97 Å². The van der Waals surface area contributed by atoms with E-state index < -0.39 is 18.2 Å². The monoisotopic (exact) mass is 486 g/mol. The highest BCUT2D eigenvalue weighted by molar-refractivity contribution is 6.00. The lowest BCUT2D eigenvalue weighted by molar-refractivity contribution is -0.138. The molecular weight excluding hydrogens is 440 g/mol. The molecule has 0 aromatic heterocycles. The van der Waals surface area contributed by atoms with Crippen molar-refractivity contribution in [2.45, 2.75) is 112 Å². The maximum absolute atomic E-state index is 13.9. The zero-order valence-electron chi connectivity index (χ0n) is 22.8. The summed E-state index contributed by atoms with van der Waals surface area (Å²) >= 11 is 0. The molecule has 35 heavy (non-hydrogen) atoms. The third-order valence-electron chi connectivity index (χ3n) is 11.6. The molecule has 0 saturated heterocycles. The molecule has 5 nitrogen and oxygen atoms in total. The lowest BCUT2D eigenvalue weighted by Crippen LogP contribution is -2.59. The lowest BCUT2D eigenvalue weighted by atomic mass is 9.42. The number of ketones is 1. The summed E-state index contributed by atoms with van der Waals surface area (Å²) in [7, 11) is 0. The Morgan fingerprint density at radius 3 is 2.40 bits per heavy atom. The Balaban J connectivity index is 1.70. The van der Waals surface area contributed by atoms with E-state index in [4.69, 9.17) is 5.11 Å². The first-order valence-corrected chi connectivity index (χ1v) is 13.7. The van der Waals surface area contributed by atoms with E-state index in [9.17, 15) is 19.8 Å². The van der Waals surface area contributed by atoms with Crippen molar-refractivity contribution in [3.8, 4) is 0 Å². The van der Waals surface area contributed by atoms with Crippen molar-refractivity contribution in [2.75, 3.05) is 0 Å². The summed E-state index contributed by atoms with van der Waals surface area (Å²) in [6.07, 6.45) is 7.01. The Kier molecular flexibility index (Phi) is 6.50. The number of hydrogen-bond acceptors (Lipinski definition) is 4. The van der Waals surface area contributed by atoms with Gasteiger partial charge in [0.25, 0.3) is 0 Å². The van der Waals surface area contributed by atoms with Crippen molar-refractivity contribution < 1.29 is 24.9 Å². The minimum Gasteiger partial charge on any atom is -0.478 e. The molecule has 0 heterocycles. The number of fused-ring (bicyclic) bond motifs is 4. The second kappa shape index (κ2) is 8.55. The van der Waals surface area contributed by atoms with Crippen LogP contribution < -0.4 is 0 Å². The van der Waals surface area contributed by atoms with Crippen LogP contribution in [0.25, 0.3) is 0 Å². The number of aliphatic carboxylic acids is 1. The number of hydrogen-bond donors (Lipinski definition) is 3. The fourth-order valence-corrected chi connectivity index (χ4v) is 9.23. The molecule has 0 amide bonds. The Labute approximate surface area is 211 Å². The van der Waals surface area contributed by atoms with Crippen LogP contribution >= 0.6 is 0 Å². The molecule has 5 heteroatoms. The molecule has 0 aromatic rings. The minimum absolute atomic E-state index is 0.0352. The van der Waals surface area contributed by atoms with Crippen molar-refractivity contribution in [3.63, 3.8) is 0 Å². The van der Waals surface area contributed by atoms with E-state index in [1.54, 1.807) is 6.92 Å². The summed E-state index contributed by atoms with van der Waals surface area (Å²) in [5.74, 6) is 0.102. The molecular formula is C30H46O5. The number of carboxylic acids is 1. The molecule has 196 valence electrons. The van der Waals surface area contributed by atoms with Crippen LogP contribution in [-0.4, -0.2) is 39.3 Å². The minimum atomic E-state index is -0.867. The first-order chi connectivity index (χ1) is 16.1. The Morgan fingerprint density at radius 1 is 1.11 bits per heavy atom. The van der Waals surface area contributed by atoms with Crippen molar-refractivity contribution >= 4 is 11.8 Å². The summed E-state index contributed by atoms with van der Waals surface area (Å²) in [5, 5.41) is 31.7. The number of rotatable bonds is 5. The van der Waals surface area contributed by atoms with Gasteiger partial charge in [-0.2, -0.15) is 0 Å². The van der Waals surface area contributed by atoms with Crippen LogP contribution in [0.15, 0.2) is 22.8 Å². The SMILES string of the molecule is C/C(=C\CC[C@@H](C)[C@H]1CC[C@@]2(C)C3=C([C@H](O)C[C@]12C)[C@@]1(C)CC[C@H](O)C(C)(C)C1CC3=O)C(=O)O. The largest absolute Gasteiger partial charge is 0.478 e. The van der Waals surface area contributed by atoms with E-state index in [1.807, 2.05) is 6.08 Å². The number of carboxylic acid groups (broad SMARTS) is 1. The number of carbonyl (C=O) groups excluding carboxylic acids is 1. The van der Waals surface area contributed by atoms with Crippen LogP contribution in [-0.2, 0) is 9.59 Å². The second-order valence-electron chi connectivity index (χ2n) is 13.6. The molecule has 1 unspecified atom stereocenters. The molecule has 0 aromatic carbocycles. The predicted octanol–water partition coefficient (Wildman–Crippen LogP) is 5.69. The van der Waals surface area contributed by atoms with Crippen molar-refractivity contribution in [1.82, 2.24) is 0 Å². The maximum atomic E-state index is 13.9. The van der Waals surface area contributed by atoms with E-state index >= 15 is 0 Å². The van der Waals surface area contributed by atoms with Crippen LogP contribution in [0.3, 0.4) is 0 Å². The fraction of sp³-hybridized carbons (Fsp3) is 0.800. The Morgan fingerprint density at radius 2 is 1.77 bits per heavy atom. The quantitative estimate of drug-likeness (QED) is 0.434. The summed E-state index contributed by atoms with van der Waals surface area (Å²) in [6, 6.07) is 0. The summed E-state index contributed by atoms with van der Waals surface area (Å²) in [5.41, 5.74) is 1.22. The van der Waals surface area contributed by atoms with Crippen molar-refractivity contribution in [1.29, 1.82) is 0 Å². The first kappa shape index (κ1) is 26.6. The van der Waals surface area contributed by atoms with E-state index in [0.717, 1.165) is 43.3 Å². The third-order valence-corrected chi connectivity index (χ3v) is 11.6. The zero-order valence-corrected chi connectivity index (χ0v) is 22.8. The van der Waals surface area contributed by atoms with Gasteiger partial charge in [0.1, 0.15) is 0 Å². The molecule has 8 atom stereocenters. The van der Waals surface area contributed by atoms with Gasteiger partial charge in [-0.25, -0.2) is 4.79 Å². The number of Topliss-reactive ketones (excluding diaryl/α,β-unsaturated/α-hetero) is 1. The molecule has 0 aliphatic heterocycles. The molecule has 2 fully saturated rings. The standard InChI is InChI=1S/C30H46O5/c1-17(9-8-10-18(2)26(34)35)19-11-14-29(6)25-20(31)15-22-27(3,4)23(33)12-13-28(22,5)24(25)21(32)16-30(19,29)7/h10,17,19,21-23,32-33H,8-9,11-16H2,1-7H3,(H,34,35)/b18-10+/t17-,19-,21-,22?,23+,28+,29+,30-/m1/s1. The number of carbonyl (C=O) groups is 2. The van der Waals surface area contributed by atoms with Gasteiger partial charge in [-0.1, -0.05) is 47.6 Å². The Hall–Kier alpha value is -1.46. The third kappa shape index (κ3) is 3.70. The second-order valence-corrected chi connectivity index (χ2v) is 13.6. The molecule has 3 N–H and O–H groups in total. The van der Waals surface area contributed by atoms with Gasteiger partial charge in [0.2, 0.25) is 0 Å². The highest BCUT2D eigenvalue weighted by Crippen LogP contribution is 2.71. The molecule has 0 radical (unpaired) electrons. The summed E-state index contributed by atoms with van der Waals surface area (Å²) in [6.45, 7) is 14.9. The molecule has 2 saturated carbocycles. The summed E-state index contributed by atoms with van der Waals surface area (Å²) in [4.78, 5) is 25.1. The average molecular weight is 487 g/mol. The molecule has 0 spiro atoms. The van der Waals surface area contributed by atoms with E-state index in [0.29, 0.717) is 36.7 Å². The highest BCUT2D eigenvalue weighted by Gasteiger charge is 2.67. The van der Waals surface area contributed by atoms with Gasteiger partial charge in [-0.3, -0.25) is 4.79 Å². The van der Waals surface area contributed by atoms with Crippen molar-refractivity contribution in [2.24, 2.45) is 39.4 Å². The number of aliphatic hydroxyl groups excluding tert-OH is 2. The molecule has 4 aliphatic rings. The molecule has 0 bridgehead atoms. The molecule has 4 aliphatic carbocycles. The van der Waals surface area contributed by atoms with Crippen LogP contribution in [0.4, 0.5) is 0 Å². The smallest absolute Gasteiger partial charge is 0.330 e. The van der Waals surface area contributed by atoms with Gasteiger partial charge in [-0.15, -0.1) is 0 Å². The number of aliphatic hydroxyl groups is 2. The van der Waals surface area contributed by atoms with Crippen LogP contribution in [0, 0.1) is 39.4 Å². The maximum Gasteiger partial charge on any atom is 0.330 e. The zero-order chi connectivity index (χ0) is 26.1. The predicted molar refractivity (Wildman–Crippen MR) is 137 cm³/mol. The topological polar surface area (TPSA) is 94.8 Å². The first-order valence-electron chi connectivity index (χ1n) is 13.7. The fourth-order valence-electron chi connectivity index (χ4n) is 9.23. The Bertz CT molecular complexity index is 975. The van der Waals surface area contributed by atoms with E-state index in [-0.39, 0.29) is 33.4 Å². The van der Waals surface area contributed by atoms with Crippen molar-refractivity contribution in [3.05, 3.63) is 22.8 Å². The van der Waals surface area contributed by atoms with E-state index in [2.05, 4.69) is 41.5 Å². The lowest BCUT2D eigenvalue weighted by Gasteiger charge is -2.62. The normalized spacial score (nSPS) is 43.9. The molecule has 4 rings (SSSR count). The van der Waals surface area contributed by atoms with Gasteiger partial charge < -0.3 is 15.3 Å². The summed E-state index contributed by atoms with van der Waals surface area (Å²) < 4.78 is 0. The van der Waals surface area contributed by atoms with Gasteiger partial charge in [0, 0.05) is 23.0 Å². The highest BCUT2D eigenvalue weighted by atomic mass is 16.4. The van der Waals surface area contributed by atoms with Crippen LogP contribution in [0.5, 0.6) is 0 Å². The van der Waals surface area contributed by atoms with Crippen LogP contribution in [0.2, 0.25) is 0 Å². The number of allylic oxidation sites excluding steroid dienone is 2. The van der Waals surface area contributed by atoms with Gasteiger partial charge in [0.05, 0.1) is 12.2 Å². The van der Waals surface area contributed by atoms with Gasteiger partial charge in [0.15, 0.2) is 5.78 Å². The average Bonchev–Trinajstić information content (AvgIpc) is 3.03. The van der Waals surface area contributed by atoms with Crippen LogP contribution in [0.1, 0.15) is 99.8 Å². The van der Waals surface area contributed by atoms with E-state index in [1.165, 1.54) is 0 Å².